The van der Waals surface area contributed by atoms with E-state index in [1.165, 1.54) is 4.90 Å². The number of nitrogens with zero attached hydrogens (tertiary/aromatic N) is 2. The summed E-state index contributed by atoms with van der Waals surface area (Å²) in [4.78, 5) is 29.3. The van der Waals surface area contributed by atoms with Gasteiger partial charge in [0.25, 0.3) is 0 Å². The van der Waals surface area contributed by atoms with Crippen LogP contribution in [0, 0.1) is 6.92 Å². The van der Waals surface area contributed by atoms with Gasteiger partial charge < -0.3 is 10.2 Å². The first-order valence-corrected chi connectivity index (χ1v) is 15.1. The molecule has 3 aromatic carbocycles. The van der Waals surface area contributed by atoms with Crippen molar-refractivity contribution in [3.8, 4) is 0 Å². The zero-order valence-electron chi connectivity index (χ0n) is 23.4. The summed E-state index contributed by atoms with van der Waals surface area (Å²) in [5.74, 6) is -0.731. The maximum Gasteiger partial charge on any atom is 0.244 e. The van der Waals surface area contributed by atoms with Crippen LogP contribution in [0.1, 0.15) is 43.0 Å². The van der Waals surface area contributed by atoms with Gasteiger partial charge in [0, 0.05) is 19.0 Å². The van der Waals surface area contributed by atoms with Crippen molar-refractivity contribution >= 4 is 27.5 Å². The van der Waals surface area contributed by atoms with Crippen molar-refractivity contribution < 1.29 is 18.0 Å². The fourth-order valence-electron chi connectivity index (χ4n) is 4.55. The number of carbonyl (C=O) groups is 2. The van der Waals surface area contributed by atoms with Crippen LogP contribution in [-0.4, -0.2) is 50.0 Å². The van der Waals surface area contributed by atoms with Crippen LogP contribution in [0.25, 0.3) is 0 Å². The number of hydrogen-bond donors (Lipinski definition) is 1. The third kappa shape index (κ3) is 8.17. The number of carbonyl (C=O) groups excluding carboxylic acids is 2. The van der Waals surface area contributed by atoms with E-state index in [2.05, 4.69) is 5.32 Å². The standard InChI is InChI=1S/C31H39N3O4S/c1-6-26-17-12-13-19-28(26)34(39(5,37)38)22-30(35)33(21-27-18-11-10-14-24(27)4)29(31(36)32-23(2)3)20-25-15-8-7-9-16-25/h7-19,23,29H,6,20-22H2,1-5H3,(H,32,36)/t29-/m1/s1. The Bertz CT molecular complexity index is 1370. The Morgan fingerprint density at radius 3 is 2.05 bits per heavy atom. The minimum atomic E-state index is -3.80. The van der Waals surface area contributed by atoms with E-state index >= 15 is 0 Å². The minimum absolute atomic E-state index is 0.130. The SMILES string of the molecule is CCc1ccccc1N(CC(=O)N(Cc1ccccc1C)[C@H](Cc1ccccc1)C(=O)NC(C)C)S(C)(=O)=O. The number of anilines is 1. The van der Waals surface area contributed by atoms with Crippen molar-refractivity contribution in [2.24, 2.45) is 0 Å². The van der Waals surface area contributed by atoms with E-state index in [9.17, 15) is 18.0 Å². The van der Waals surface area contributed by atoms with Crippen LogP contribution in [0.3, 0.4) is 0 Å². The third-order valence-electron chi connectivity index (χ3n) is 6.62. The molecule has 0 saturated heterocycles. The summed E-state index contributed by atoms with van der Waals surface area (Å²) in [5.41, 5.74) is 4.06. The van der Waals surface area contributed by atoms with Crippen LogP contribution < -0.4 is 9.62 Å². The topological polar surface area (TPSA) is 86.8 Å². The summed E-state index contributed by atoms with van der Waals surface area (Å²) >= 11 is 0. The normalized spacial score (nSPS) is 12.2. The van der Waals surface area contributed by atoms with Crippen LogP contribution in [0.2, 0.25) is 0 Å². The van der Waals surface area contributed by atoms with Gasteiger partial charge >= 0.3 is 0 Å². The Morgan fingerprint density at radius 2 is 1.46 bits per heavy atom. The minimum Gasteiger partial charge on any atom is -0.352 e. The molecule has 0 aromatic heterocycles. The van der Waals surface area contributed by atoms with Crippen LogP contribution in [0.5, 0.6) is 0 Å². The number of sulfonamides is 1. The smallest absolute Gasteiger partial charge is 0.244 e. The number of hydrogen-bond acceptors (Lipinski definition) is 4. The second-order valence-electron chi connectivity index (χ2n) is 10.1. The molecule has 3 rings (SSSR count). The van der Waals surface area contributed by atoms with Crippen molar-refractivity contribution in [3.63, 3.8) is 0 Å². The summed E-state index contributed by atoms with van der Waals surface area (Å²) in [6, 6.07) is 23.4. The summed E-state index contributed by atoms with van der Waals surface area (Å²) in [6.07, 6.45) is 2.00. The average Bonchev–Trinajstić information content (AvgIpc) is 2.89. The predicted octanol–water partition coefficient (Wildman–Crippen LogP) is 4.49. The molecule has 0 unspecified atom stereocenters. The van der Waals surface area contributed by atoms with Crippen molar-refractivity contribution in [2.45, 2.75) is 59.2 Å². The first-order chi connectivity index (χ1) is 18.5. The molecule has 2 amide bonds. The Hall–Kier alpha value is -3.65. The highest BCUT2D eigenvalue weighted by molar-refractivity contribution is 7.92. The molecule has 8 heteroatoms. The van der Waals surface area contributed by atoms with Gasteiger partial charge in [0.2, 0.25) is 21.8 Å². The average molecular weight is 550 g/mol. The van der Waals surface area contributed by atoms with Crippen LogP contribution in [0.15, 0.2) is 78.9 Å². The van der Waals surface area contributed by atoms with Crippen LogP contribution in [-0.2, 0) is 39.0 Å². The van der Waals surface area contributed by atoms with E-state index in [-0.39, 0.29) is 18.5 Å². The predicted molar refractivity (Wildman–Crippen MR) is 157 cm³/mol. The Labute approximate surface area is 232 Å². The summed E-state index contributed by atoms with van der Waals surface area (Å²) < 4.78 is 27.1. The summed E-state index contributed by atoms with van der Waals surface area (Å²) in [6.45, 7) is 7.40. The number of aryl methyl sites for hydroxylation is 2. The van der Waals surface area contributed by atoms with Gasteiger partial charge in [-0.05, 0) is 55.5 Å². The fraction of sp³-hybridized carbons (Fsp3) is 0.355. The highest BCUT2D eigenvalue weighted by Gasteiger charge is 2.33. The molecule has 0 aliphatic rings. The number of amides is 2. The maximum absolute atomic E-state index is 14.2. The van der Waals surface area contributed by atoms with Gasteiger partial charge in [0.15, 0.2) is 0 Å². The largest absolute Gasteiger partial charge is 0.352 e. The first-order valence-electron chi connectivity index (χ1n) is 13.2. The Balaban J connectivity index is 2.09. The van der Waals surface area contributed by atoms with E-state index in [1.807, 2.05) is 94.4 Å². The molecule has 208 valence electrons. The molecule has 0 aliphatic carbocycles. The molecule has 0 saturated carbocycles. The number of para-hydroxylation sites is 1. The number of rotatable bonds is 12. The van der Waals surface area contributed by atoms with Gasteiger partial charge in [-0.1, -0.05) is 79.7 Å². The lowest BCUT2D eigenvalue weighted by Crippen LogP contribution is -2.54. The van der Waals surface area contributed by atoms with Gasteiger partial charge in [-0.25, -0.2) is 8.42 Å². The third-order valence-corrected chi connectivity index (χ3v) is 7.75. The molecule has 3 aromatic rings. The van der Waals surface area contributed by atoms with E-state index < -0.39 is 28.5 Å². The molecule has 0 bridgehead atoms. The van der Waals surface area contributed by atoms with Gasteiger partial charge in [0.1, 0.15) is 12.6 Å². The first kappa shape index (κ1) is 29.9. The highest BCUT2D eigenvalue weighted by atomic mass is 32.2. The monoisotopic (exact) mass is 549 g/mol. The van der Waals surface area contributed by atoms with Crippen molar-refractivity contribution in [2.75, 3.05) is 17.1 Å². The number of benzene rings is 3. The molecule has 7 nitrogen and oxygen atoms in total. The number of nitrogens with one attached hydrogen (secondary N) is 1. The molecule has 0 heterocycles. The molecule has 0 aliphatic heterocycles. The summed E-state index contributed by atoms with van der Waals surface area (Å²) in [5, 5.41) is 2.97. The maximum atomic E-state index is 14.2. The molecule has 1 N–H and O–H groups in total. The lowest BCUT2D eigenvalue weighted by atomic mass is 10.0. The van der Waals surface area contributed by atoms with E-state index in [0.717, 1.165) is 32.8 Å². The molecule has 1 atom stereocenters. The molecule has 0 fully saturated rings. The van der Waals surface area contributed by atoms with Crippen molar-refractivity contribution in [3.05, 3.63) is 101 Å². The van der Waals surface area contributed by atoms with Gasteiger partial charge in [-0.15, -0.1) is 0 Å². The Morgan fingerprint density at radius 1 is 0.872 bits per heavy atom. The Kier molecular flexibility index (Phi) is 10.3. The summed E-state index contributed by atoms with van der Waals surface area (Å²) in [7, 11) is -3.80. The lowest BCUT2D eigenvalue weighted by Gasteiger charge is -2.34. The van der Waals surface area contributed by atoms with Gasteiger partial charge in [-0.2, -0.15) is 0 Å². The van der Waals surface area contributed by atoms with Crippen LogP contribution >= 0.6 is 0 Å². The molecule has 39 heavy (non-hydrogen) atoms. The van der Waals surface area contributed by atoms with Gasteiger partial charge in [0.05, 0.1) is 11.9 Å². The van der Waals surface area contributed by atoms with E-state index in [4.69, 9.17) is 0 Å². The molecular weight excluding hydrogens is 510 g/mol. The second-order valence-corrected chi connectivity index (χ2v) is 12.0. The highest BCUT2D eigenvalue weighted by Crippen LogP contribution is 2.25. The van der Waals surface area contributed by atoms with Crippen molar-refractivity contribution in [1.82, 2.24) is 10.2 Å². The van der Waals surface area contributed by atoms with Crippen molar-refractivity contribution in [1.29, 1.82) is 0 Å². The van der Waals surface area contributed by atoms with Gasteiger partial charge in [-0.3, -0.25) is 13.9 Å². The van der Waals surface area contributed by atoms with E-state index in [1.54, 1.807) is 12.1 Å². The van der Waals surface area contributed by atoms with E-state index in [0.29, 0.717) is 18.5 Å². The molecular formula is C31H39N3O4S. The second kappa shape index (κ2) is 13.4. The zero-order chi connectivity index (χ0) is 28.6. The molecule has 0 radical (unpaired) electrons. The fourth-order valence-corrected chi connectivity index (χ4v) is 5.43. The lowest BCUT2D eigenvalue weighted by molar-refractivity contribution is -0.140. The quantitative estimate of drug-likeness (QED) is 0.361. The zero-order valence-corrected chi connectivity index (χ0v) is 24.2. The van der Waals surface area contributed by atoms with Crippen LogP contribution in [0.4, 0.5) is 5.69 Å². The molecule has 0 spiro atoms.